The highest BCUT2D eigenvalue weighted by Gasteiger charge is 2.22. The van der Waals surface area contributed by atoms with Gasteiger partial charge in [0.05, 0.1) is 17.9 Å². The van der Waals surface area contributed by atoms with Crippen LogP contribution in [0.3, 0.4) is 0 Å². The van der Waals surface area contributed by atoms with E-state index in [-0.39, 0.29) is 24.1 Å². The molecule has 7 heteroatoms. The predicted molar refractivity (Wildman–Crippen MR) is 95.8 cm³/mol. The zero-order valence-corrected chi connectivity index (χ0v) is 15.5. The van der Waals surface area contributed by atoms with Crippen molar-refractivity contribution in [1.29, 1.82) is 0 Å². The van der Waals surface area contributed by atoms with Crippen LogP contribution in [0.2, 0.25) is 0 Å². The summed E-state index contributed by atoms with van der Waals surface area (Å²) in [6.45, 7) is 8.31. The van der Waals surface area contributed by atoms with Gasteiger partial charge in [-0.15, -0.1) is 5.10 Å². The van der Waals surface area contributed by atoms with Crippen LogP contribution in [0.15, 0.2) is 18.2 Å². The molecule has 0 saturated carbocycles. The van der Waals surface area contributed by atoms with Crippen molar-refractivity contribution in [3.63, 3.8) is 0 Å². The molecular formula is C18H25N5O2. The highest BCUT2D eigenvalue weighted by molar-refractivity contribution is 5.95. The fraction of sp³-hybridized carbons (Fsp3) is 0.444. The molecule has 2 amide bonds. The molecule has 1 N–H and O–H groups in total. The number of benzene rings is 1. The summed E-state index contributed by atoms with van der Waals surface area (Å²) in [4.78, 5) is 27.2. The Morgan fingerprint density at radius 2 is 1.92 bits per heavy atom. The molecule has 0 radical (unpaired) electrons. The minimum absolute atomic E-state index is 0.00527. The molecule has 2 rings (SSSR count). The number of hydrogen-bond acceptors (Lipinski definition) is 4. The van der Waals surface area contributed by atoms with Gasteiger partial charge < -0.3 is 10.2 Å². The van der Waals surface area contributed by atoms with Crippen molar-refractivity contribution >= 4 is 11.8 Å². The molecule has 0 saturated heterocycles. The Bertz CT molecular complexity index is 782. The van der Waals surface area contributed by atoms with Crippen LogP contribution in [0.5, 0.6) is 0 Å². The molecule has 0 aliphatic rings. The standard InChI is InChI=1S/C18H25N5O2/c1-6-9-19-16(24)11-22(5)18(25)17-14(4)20-23(21-17)15-8-7-12(2)10-13(15)3/h7-8,10H,6,9,11H2,1-5H3,(H,19,24). The van der Waals surface area contributed by atoms with Crippen molar-refractivity contribution in [3.05, 3.63) is 40.7 Å². The molecule has 0 atom stereocenters. The first-order valence-electron chi connectivity index (χ1n) is 8.37. The number of nitrogens with zero attached hydrogens (tertiary/aromatic N) is 4. The maximum absolute atomic E-state index is 12.6. The van der Waals surface area contributed by atoms with E-state index in [2.05, 4.69) is 15.5 Å². The van der Waals surface area contributed by atoms with Crippen LogP contribution in [-0.4, -0.2) is 51.8 Å². The highest BCUT2D eigenvalue weighted by Crippen LogP contribution is 2.15. The third kappa shape index (κ3) is 4.43. The number of amides is 2. The molecule has 1 heterocycles. The average molecular weight is 343 g/mol. The smallest absolute Gasteiger partial charge is 0.276 e. The molecule has 0 spiro atoms. The van der Waals surface area contributed by atoms with Crippen LogP contribution in [0, 0.1) is 20.8 Å². The fourth-order valence-electron chi connectivity index (χ4n) is 2.50. The maximum Gasteiger partial charge on any atom is 0.276 e. The Hall–Kier alpha value is -2.70. The minimum atomic E-state index is -0.319. The number of carbonyl (C=O) groups is 2. The number of hydrogen-bond donors (Lipinski definition) is 1. The van der Waals surface area contributed by atoms with Gasteiger partial charge in [-0.1, -0.05) is 24.6 Å². The first-order chi connectivity index (χ1) is 11.8. The van der Waals surface area contributed by atoms with E-state index >= 15 is 0 Å². The third-order valence-corrected chi connectivity index (χ3v) is 3.85. The number of nitrogens with one attached hydrogen (secondary N) is 1. The lowest BCUT2D eigenvalue weighted by Gasteiger charge is -2.15. The van der Waals surface area contributed by atoms with Crippen LogP contribution in [-0.2, 0) is 4.79 Å². The molecule has 1 aromatic carbocycles. The van der Waals surface area contributed by atoms with Crippen molar-refractivity contribution in [1.82, 2.24) is 25.2 Å². The van der Waals surface area contributed by atoms with Crippen molar-refractivity contribution < 1.29 is 9.59 Å². The summed E-state index contributed by atoms with van der Waals surface area (Å²) in [6.07, 6.45) is 0.854. The van der Waals surface area contributed by atoms with Crippen molar-refractivity contribution in [2.45, 2.75) is 34.1 Å². The lowest BCUT2D eigenvalue weighted by Crippen LogP contribution is -2.39. The van der Waals surface area contributed by atoms with Gasteiger partial charge in [-0.2, -0.15) is 9.90 Å². The molecule has 0 fully saturated rings. The van der Waals surface area contributed by atoms with E-state index in [0.29, 0.717) is 12.2 Å². The second-order valence-corrected chi connectivity index (χ2v) is 6.22. The van der Waals surface area contributed by atoms with E-state index in [1.165, 1.54) is 9.70 Å². The number of aromatic nitrogens is 3. The van der Waals surface area contributed by atoms with E-state index in [4.69, 9.17) is 0 Å². The van der Waals surface area contributed by atoms with Gasteiger partial charge in [0.1, 0.15) is 0 Å². The number of aryl methyl sites for hydroxylation is 3. The van der Waals surface area contributed by atoms with Gasteiger partial charge >= 0.3 is 0 Å². The Balaban J connectivity index is 2.18. The van der Waals surface area contributed by atoms with Gasteiger partial charge in [-0.3, -0.25) is 9.59 Å². The van der Waals surface area contributed by atoms with E-state index in [9.17, 15) is 9.59 Å². The lowest BCUT2D eigenvalue weighted by atomic mass is 10.1. The molecule has 0 bridgehead atoms. The van der Waals surface area contributed by atoms with Crippen LogP contribution in [0.25, 0.3) is 5.69 Å². The highest BCUT2D eigenvalue weighted by atomic mass is 16.2. The zero-order valence-electron chi connectivity index (χ0n) is 15.5. The Kier molecular flexibility index (Phi) is 5.90. The fourth-order valence-corrected chi connectivity index (χ4v) is 2.50. The quantitative estimate of drug-likeness (QED) is 0.867. The van der Waals surface area contributed by atoms with Crippen molar-refractivity contribution in [3.8, 4) is 5.69 Å². The average Bonchev–Trinajstić information content (AvgIpc) is 2.93. The van der Waals surface area contributed by atoms with E-state index in [1.807, 2.05) is 39.0 Å². The Morgan fingerprint density at radius 3 is 2.56 bits per heavy atom. The summed E-state index contributed by atoms with van der Waals surface area (Å²) >= 11 is 0. The van der Waals surface area contributed by atoms with Crippen molar-refractivity contribution in [2.24, 2.45) is 0 Å². The maximum atomic E-state index is 12.6. The summed E-state index contributed by atoms with van der Waals surface area (Å²) in [6, 6.07) is 5.95. The molecule has 1 aromatic heterocycles. The topological polar surface area (TPSA) is 80.1 Å². The summed E-state index contributed by atoms with van der Waals surface area (Å²) in [5, 5.41) is 11.5. The van der Waals surface area contributed by atoms with Crippen molar-refractivity contribution in [2.75, 3.05) is 20.1 Å². The number of likely N-dealkylation sites (N-methyl/N-ethyl adjacent to an activating group) is 1. The zero-order chi connectivity index (χ0) is 18.6. The molecule has 0 aliphatic carbocycles. The normalized spacial score (nSPS) is 10.6. The largest absolute Gasteiger partial charge is 0.355 e. The van der Waals surface area contributed by atoms with Gasteiger partial charge in [-0.05, 0) is 38.8 Å². The predicted octanol–water partition coefficient (Wildman–Crippen LogP) is 1.79. The molecule has 0 unspecified atom stereocenters. The third-order valence-electron chi connectivity index (χ3n) is 3.85. The molecule has 134 valence electrons. The summed E-state index contributed by atoms with van der Waals surface area (Å²) in [5.74, 6) is -0.503. The molecular weight excluding hydrogens is 318 g/mol. The minimum Gasteiger partial charge on any atom is -0.355 e. The van der Waals surface area contributed by atoms with Crippen LogP contribution in [0.4, 0.5) is 0 Å². The van der Waals surface area contributed by atoms with E-state index in [1.54, 1.807) is 14.0 Å². The summed E-state index contributed by atoms with van der Waals surface area (Å²) < 4.78 is 0. The second kappa shape index (κ2) is 7.92. The van der Waals surface area contributed by atoms with Gasteiger partial charge in [0.15, 0.2) is 5.69 Å². The Morgan fingerprint density at radius 1 is 1.20 bits per heavy atom. The molecule has 0 aliphatic heterocycles. The number of carbonyl (C=O) groups excluding carboxylic acids is 2. The van der Waals surface area contributed by atoms with Gasteiger partial charge in [0.25, 0.3) is 5.91 Å². The molecule has 7 nitrogen and oxygen atoms in total. The van der Waals surface area contributed by atoms with E-state index < -0.39 is 0 Å². The van der Waals surface area contributed by atoms with Crippen LogP contribution in [0.1, 0.15) is 40.7 Å². The lowest BCUT2D eigenvalue weighted by molar-refractivity contribution is -0.121. The number of rotatable bonds is 6. The first kappa shape index (κ1) is 18.6. The summed E-state index contributed by atoms with van der Waals surface area (Å²) in [7, 11) is 1.59. The SMILES string of the molecule is CCCNC(=O)CN(C)C(=O)c1nn(-c2ccc(C)cc2C)nc1C. The monoisotopic (exact) mass is 343 g/mol. The van der Waals surface area contributed by atoms with Crippen LogP contribution >= 0.6 is 0 Å². The molecule has 2 aromatic rings. The van der Waals surface area contributed by atoms with E-state index in [0.717, 1.165) is 23.2 Å². The van der Waals surface area contributed by atoms with Gasteiger partial charge in [0.2, 0.25) is 5.91 Å². The summed E-state index contributed by atoms with van der Waals surface area (Å²) in [5.41, 5.74) is 3.80. The van der Waals surface area contributed by atoms with Gasteiger partial charge in [0, 0.05) is 13.6 Å². The van der Waals surface area contributed by atoms with Gasteiger partial charge in [-0.25, -0.2) is 0 Å². The molecule has 25 heavy (non-hydrogen) atoms. The Labute approximate surface area is 148 Å². The van der Waals surface area contributed by atoms with Crippen LogP contribution < -0.4 is 5.32 Å². The second-order valence-electron chi connectivity index (χ2n) is 6.22. The first-order valence-corrected chi connectivity index (χ1v) is 8.37.